The number of rotatable bonds is 8. The van der Waals surface area contributed by atoms with Gasteiger partial charge in [0.05, 0.1) is 19.6 Å². The van der Waals surface area contributed by atoms with Crippen molar-refractivity contribution in [2.75, 3.05) is 7.11 Å². The van der Waals surface area contributed by atoms with Crippen molar-refractivity contribution in [1.29, 1.82) is 0 Å². The molecule has 1 atom stereocenters. The third-order valence-corrected chi connectivity index (χ3v) is 2.77. The topological polar surface area (TPSA) is 72.8 Å². The number of ether oxygens (including phenoxy) is 2. The normalized spacial score (nSPS) is 11.7. The molecule has 1 aromatic carbocycles. The Morgan fingerprint density at radius 3 is 2.50 bits per heavy atom. The minimum absolute atomic E-state index is 0.0485. The van der Waals surface area contributed by atoms with Gasteiger partial charge in [-0.3, -0.25) is 9.59 Å². The first kappa shape index (κ1) is 16.2. The van der Waals surface area contributed by atoms with Crippen LogP contribution in [0, 0.1) is 0 Å². The molecule has 0 bridgehead atoms. The third-order valence-electron chi connectivity index (χ3n) is 2.77. The van der Waals surface area contributed by atoms with Gasteiger partial charge in [0.15, 0.2) is 0 Å². The number of carbonyl (C=O) groups is 2. The number of para-hydroxylation sites is 1. The maximum atomic E-state index is 11.6. The van der Waals surface area contributed by atoms with Gasteiger partial charge in [0.25, 0.3) is 0 Å². The fraction of sp³-hybridized carbons (Fsp3) is 0.467. The van der Waals surface area contributed by atoms with Gasteiger partial charge in [-0.25, -0.2) is 0 Å². The Balaban J connectivity index is 2.17. The molecule has 1 rings (SSSR count). The van der Waals surface area contributed by atoms with Gasteiger partial charge in [-0.05, 0) is 25.0 Å². The molecule has 110 valence electrons. The molecule has 0 saturated heterocycles. The lowest BCUT2D eigenvalue weighted by Crippen LogP contribution is -2.18. The molecule has 0 aliphatic rings. The van der Waals surface area contributed by atoms with E-state index in [4.69, 9.17) is 4.74 Å². The van der Waals surface area contributed by atoms with E-state index in [0.29, 0.717) is 31.4 Å². The van der Waals surface area contributed by atoms with E-state index in [1.54, 1.807) is 24.3 Å². The largest absolute Gasteiger partial charge is 0.469 e. The van der Waals surface area contributed by atoms with Crippen molar-refractivity contribution in [3.05, 3.63) is 30.3 Å². The van der Waals surface area contributed by atoms with Crippen molar-refractivity contribution in [3.63, 3.8) is 0 Å². The summed E-state index contributed by atoms with van der Waals surface area (Å²) in [5.74, 6) is -0.255. The molecule has 1 aromatic rings. The van der Waals surface area contributed by atoms with E-state index in [1.807, 2.05) is 6.07 Å². The van der Waals surface area contributed by atoms with Crippen molar-refractivity contribution in [3.8, 4) is 5.75 Å². The molecule has 0 heterocycles. The molecule has 0 aromatic heterocycles. The summed E-state index contributed by atoms with van der Waals surface area (Å²) in [6.45, 7) is 0. The summed E-state index contributed by atoms with van der Waals surface area (Å²) in [6.07, 6.45) is 1.29. The summed E-state index contributed by atoms with van der Waals surface area (Å²) in [6, 6.07) is 8.73. The lowest BCUT2D eigenvalue weighted by atomic mass is 10.1. The Morgan fingerprint density at radius 1 is 1.15 bits per heavy atom. The van der Waals surface area contributed by atoms with Gasteiger partial charge in [-0.1, -0.05) is 24.6 Å². The zero-order valence-electron chi connectivity index (χ0n) is 11.6. The van der Waals surface area contributed by atoms with Crippen LogP contribution in [0.1, 0.15) is 32.1 Å². The van der Waals surface area contributed by atoms with Gasteiger partial charge in [0, 0.05) is 6.42 Å². The van der Waals surface area contributed by atoms with Crippen LogP contribution in [0.15, 0.2) is 30.3 Å². The molecule has 5 nitrogen and oxygen atoms in total. The predicted octanol–water partition coefficient (Wildman–Crippen LogP) is 2.08. The van der Waals surface area contributed by atoms with Gasteiger partial charge in [0.2, 0.25) is 0 Å². The van der Waals surface area contributed by atoms with Crippen LogP contribution in [0.2, 0.25) is 0 Å². The Morgan fingerprint density at radius 2 is 1.85 bits per heavy atom. The highest BCUT2D eigenvalue weighted by molar-refractivity contribution is 5.72. The van der Waals surface area contributed by atoms with E-state index in [2.05, 4.69) is 4.74 Å². The third kappa shape index (κ3) is 6.89. The summed E-state index contributed by atoms with van der Waals surface area (Å²) in [5.41, 5.74) is 0. The molecule has 0 fully saturated rings. The highest BCUT2D eigenvalue weighted by Gasteiger charge is 2.13. The first-order valence-corrected chi connectivity index (χ1v) is 6.62. The van der Waals surface area contributed by atoms with Gasteiger partial charge in [-0.2, -0.15) is 0 Å². The van der Waals surface area contributed by atoms with Gasteiger partial charge in [0.1, 0.15) is 5.75 Å². The summed E-state index contributed by atoms with van der Waals surface area (Å²) in [4.78, 5) is 22.4. The van der Waals surface area contributed by atoms with Gasteiger partial charge in [-0.15, -0.1) is 0 Å². The van der Waals surface area contributed by atoms with E-state index >= 15 is 0 Å². The molecule has 5 heteroatoms. The van der Waals surface area contributed by atoms with Crippen LogP contribution in [0.4, 0.5) is 0 Å². The van der Waals surface area contributed by atoms with E-state index in [0.717, 1.165) is 0 Å². The van der Waals surface area contributed by atoms with Crippen LogP contribution < -0.4 is 4.74 Å². The Bertz CT molecular complexity index is 416. The number of hydrogen-bond acceptors (Lipinski definition) is 5. The number of benzene rings is 1. The molecular weight excluding hydrogens is 260 g/mol. The zero-order chi connectivity index (χ0) is 14.8. The SMILES string of the molecule is COC(=O)CCCCC(O)CC(=O)Oc1ccccc1. The Kier molecular flexibility index (Phi) is 7.35. The molecule has 0 amide bonds. The lowest BCUT2D eigenvalue weighted by Gasteiger charge is -2.10. The van der Waals surface area contributed by atoms with Crippen molar-refractivity contribution in [2.24, 2.45) is 0 Å². The van der Waals surface area contributed by atoms with Crippen LogP contribution in [0.5, 0.6) is 5.75 Å². The summed E-state index contributed by atoms with van der Waals surface area (Å²) < 4.78 is 9.59. The quantitative estimate of drug-likeness (QED) is 0.448. The fourth-order valence-corrected chi connectivity index (χ4v) is 1.71. The predicted molar refractivity (Wildman–Crippen MR) is 73.2 cm³/mol. The second-order valence-electron chi connectivity index (χ2n) is 4.47. The number of methoxy groups -OCH3 is 1. The maximum absolute atomic E-state index is 11.6. The number of aliphatic hydroxyl groups is 1. The monoisotopic (exact) mass is 280 g/mol. The minimum Gasteiger partial charge on any atom is -0.469 e. The molecule has 1 unspecified atom stereocenters. The van der Waals surface area contributed by atoms with Gasteiger partial charge >= 0.3 is 11.9 Å². The number of aliphatic hydroxyl groups excluding tert-OH is 1. The van der Waals surface area contributed by atoms with Crippen LogP contribution >= 0.6 is 0 Å². The van der Waals surface area contributed by atoms with Crippen molar-refractivity contribution >= 4 is 11.9 Å². The molecule has 20 heavy (non-hydrogen) atoms. The first-order valence-electron chi connectivity index (χ1n) is 6.62. The Hall–Kier alpha value is -1.88. The second kappa shape index (κ2) is 9.09. The summed E-state index contributed by atoms with van der Waals surface area (Å²) in [5, 5.41) is 9.70. The van der Waals surface area contributed by atoms with E-state index in [9.17, 15) is 14.7 Å². The number of hydrogen-bond donors (Lipinski definition) is 1. The summed E-state index contributed by atoms with van der Waals surface area (Å²) in [7, 11) is 1.34. The standard InChI is InChI=1S/C15H20O5/c1-19-14(17)10-6-5-7-12(16)11-15(18)20-13-8-3-2-4-9-13/h2-4,8-9,12,16H,5-7,10-11H2,1H3. The molecule has 1 N–H and O–H groups in total. The highest BCUT2D eigenvalue weighted by atomic mass is 16.5. The molecular formula is C15H20O5. The van der Waals surface area contributed by atoms with Crippen LogP contribution in [-0.2, 0) is 14.3 Å². The molecule has 0 radical (unpaired) electrons. The number of carbonyl (C=O) groups excluding carboxylic acids is 2. The fourth-order valence-electron chi connectivity index (χ4n) is 1.71. The van der Waals surface area contributed by atoms with Crippen molar-refractivity contribution in [1.82, 2.24) is 0 Å². The minimum atomic E-state index is -0.746. The summed E-state index contributed by atoms with van der Waals surface area (Å²) >= 11 is 0. The molecule has 0 aliphatic heterocycles. The molecule has 0 saturated carbocycles. The number of unbranched alkanes of at least 4 members (excludes halogenated alkanes) is 1. The Labute approximate surface area is 118 Å². The van der Waals surface area contributed by atoms with E-state index in [-0.39, 0.29) is 12.4 Å². The van der Waals surface area contributed by atoms with Crippen LogP contribution in [0.3, 0.4) is 0 Å². The van der Waals surface area contributed by atoms with Crippen molar-refractivity contribution < 1.29 is 24.2 Å². The van der Waals surface area contributed by atoms with Crippen LogP contribution in [0.25, 0.3) is 0 Å². The van der Waals surface area contributed by atoms with E-state index in [1.165, 1.54) is 7.11 Å². The van der Waals surface area contributed by atoms with Crippen LogP contribution in [-0.4, -0.2) is 30.3 Å². The van der Waals surface area contributed by atoms with Crippen molar-refractivity contribution in [2.45, 2.75) is 38.2 Å². The average molecular weight is 280 g/mol. The number of esters is 2. The van der Waals surface area contributed by atoms with Gasteiger partial charge < -0.3 is 14.6 Å². The maximum Gasteiger partial charge on any atom is 0.313 e. The zero-order valence-corrected chi connectivity index (χ0v) is 11.6. The second-order valence-corrected chi connectivity index (χ2v) is 4.47. The molecule has 0 spiro atoms. The average Bonchev–Trinajstić information content (AvgIpc) is 2.44. The molecule has 0 aliphatic carbocycles. The van der Waals surface area contributed by atoms with E-state index < -0.39 is 12.1 Å². The smallest absolute Gasteiger partial charge is 0.313 e. The first-order chi connectivity index (χ1) is 9.61. The lowest BCUT2D eigenvalue weighted by molar-refractivity contribution is -0.141. The highest BCUT2D eigenvalue weighted by Crippen LogP contribution is 2.12.